The number of hydrogen-bond acceptors (Lipinski definition) is 7. The van der Waals surface area contributed by atoms with Crippen LogP contribution in [0.1, 0.15) is 36.9 Å². The highest BCUT2D eigenvalue weighted by molar-refractivity contribution is 6.33. The number of amides is 4. The second-order valence-corrected chi connectivity index (χ2v) is 14.2. The van der Waals surface area contributed by atoms with Gasteiger partial charge >= 0.3 is 6.18 Å². The molecule has 7 rings (SSSR count). The Morgan fingerprint density at radius 1 is 0.940 bits per heavy atom. The van der Waals surface area contributed by atoms with Gasteiger partial charge in [0.1, 0.15) is 17.3 Å². The van der Waals surface area contributed by atoms with Crippen molar-refractivity contribution in [3.8, 4) is 5.75 Å². The maximum Gasteiger partial charge on any atom is 0.433 e. The molecule has 2 aliphatic carbocycles. The van der Waals surface area contributed by atoms with Crippen molar-refractivity contribution in [3.63, 3.8) is 0 Å². The van der Waals surface area contributed by atoms with Crippen molar-refractivity contribution >= 4 is 69.9 Å². The zero-order valence-corrected chi connectivity index (χ0v) is 28.3. The highest BCUT2D eigenvalue weighted by atomic mass is 35.5. The van der Waals surface area contributed by atoms with E-state index in [9.17, 15) is 41.8 Å². The van der Waals surface area contributed by atoms with E-state index in [0.717, 1.165) is 28.1 Å². The van der Waals surface area contributed by atoms with Crippen LogP contribution in [0.2, 0.25) is 15.1 Å². The first-order valence-electron chi connectivity index (χ1n) is 15.3. The number of imide groups is 2. The van der Waals surface area contributed by atoms with Crippen molar-refractivity contribution in [1.82, 2.24) is 9.99 Å². The van der Waals surface area contributed by atoms with E-state index in [0.29, 0.717) is 16.6 Å². The van der Waals surface area contributed by atoms with Gasteiger partial charge in [-0.25, -0.2) is 14.3 Å². The molecule has 6 atom stereocenters. The zero-order valence-electron chi connectivity index (χ0n) is 26.0. The van der Waals surface area contributed by atoms with Crippen LogP contribution in [0.15, 0.2) is 60.2 Å². The van der Waals surface area contributed by atoms with Crippen molar-refractivity contribution in [1.29, 1.82) is 0 Å². The number of allylic oxidation sites excluding steroid dienone is 2. The highest BCUT2D eigenvalue weighted by Gasteiger charge is 2.68. The van der Waals surface area contributed by atoms with Gasteiger partial charge in [-0.2, -0.15) is 18.2 Å². The minimum absolute atomic E-state index is 0.00710. The molecule has 16 heteroatoms. The molecule has 260 valence electrons. The van der Waals surface area contributed by atoms with Gasteiger partial charge in [0, 0.05) is 23.6 Å². The van der Waals surface area contributed by atoms with Gasteiger partial charge in [0.05, 0.1) is 38.9 Å². The van der Waals surface area contributed by atoms with Gasteiger partial charge in [0.2, 0.25) is 11.8 Å². The van der Waals surface area contributed by atoms with E-state index in [2.05, 4.69) is 4.98 Å². The summed E-state index contributed by atoms with van der Waals surface area (Å²) in [5.41, 5.74) is -2.08. The summed E-state index contributed by atoms with van der Waals surface area (Å²) >= 11 is 18.6. The summed E-state index contributed by atoms with van der Waals surface area (Å²) in [4.78, 5) is 61.5. The molecule has 50 heavy (non-hydrogen) atoms. The summed E-state index contributed by atoms with van der Waals surface area (Å²) in [5, 5.41) is 12.4. The Hall–Kier alpha value is -4.20. The smallest absolute Gasteiger partial charge is 0.433 e. The number of alkyl halides is 3. The number of nitrogens with zero attached hydrogens (tertiary/aromatic N) is 4. The second kappa shape index (κ2) is 11.7. The van der Waals surface area contributed by atoms with Crippen LogP contribution in [0, 0.1) is 34.9 Å². The van der Waals surface area contributed by atoms with Crippen LogP contribution in [0.3, 0.4) is 0 Å². The number of phenolic OH excluding ortho intramolecular Hbond substituents is 1. The predicted molar refractivity (Wildman–Crippen MR) is 174 cm³/mol. The molecule has 9 nitrogen and oxygen atoms in total. The Morgan fingerprint density at radius 3 is 2.34 bits per heavy atom. The quantitative estimate of drug-likeness (QED) is 0.171. The molecule has 2 saturated heterocycles. The third-order valence-electron chi connectivity index (χ3n) is 10.4. The fourth-order valence-electron chi connectivity index (χ4n) is 8.18. The molecule has 2 aliphatic heterocycles. The van der Waals surface area contributed by atoms with Gasteiger partial charge in [-0.1, -0.05) is 46.5 Å². The maximum atomic E-state index is 14.5. The molecule has 0 spiro atoms. The van der Waals surface area contributed by atoms with E-state index in [4.69, 9.17) is 34.8 Å². The molecule has 3 fully saturated rings. The number of aromatic hydroxyl groups is 1. The fraction of sp³-hybridized carbons (Fsp3) is 0.324. The Bertz CT molecular complexity index is 2060. The van der Waals surface area contributed by atoms with Crippen LogP contribution in [0.4, 0.5) is 29.1 Å². The summed E-state index contributed by atoms with van der Waals surface area (Å²) in [6, 6.07) is 9.32. The summed E-state index contributed by atoms with van der Waals surface area (Å²) < 4.78 is 54.7. The lowest BCUT2D eigenvalue weighted by molar-refractivity contribution is -0.141. The third kappa shape index (κ3) is 4.91. The fourth-order valence-corrected chi connectivity index (χ4v) is 8.76. The minimum Gasteiger partial charge on any atom is -0.508 e. The first-order valence-corrected chi connectivity index (χ1v) is 16.5. The number of phenols is 1. The number of benzene rings is 2. The maximum absolute atomic E-state index is 14.5. The normalized spacial score (nSPS) is 27.7. The van der Waals surface area contributed by atoms with Crippen LogP contribution in [0.25, 0.3) is 0 Å². The van der Waals surface area contributed by atoms with Gasteiger partial charge in [-0.05, 0) is 74.2 Å². The van der Waals surface area contributed by atoms with Gasteiger partial charge in [-0.3, -0.25) is 24.2 Å². The minimum atomic E-state index is -4.83. The van der Waals surface area contributed by atoms with E-state index in [1.54, 1.807) is 13.0 Å². The number of fused-ring (bicyclic) bond motifs is 4. The molecular weight excluding hydrogens is 727 g/mol. The molecule has 6 unspecified atom stereocenters. The Labute approximate surface area is 297 Å². The topological polar surface area (TPSA) is 111 Å². The molecule has 3 aromatic rings. The largest absolute Gasteiger partial charge is 0.508 e. The summed E-state index contributed by atoms with van der Waals surface area (Å²) in [6.07, 6.45) is -3.18. The number of rotatable bonds is 4. The van der Waals surface area contributed by atoms with Crippen LogP contribution in [0.5, 0.6) is 5.75 Å². The molecule has 2 aromatic carbocycles. The van der Waals surface area contributed by atoms with Crippen LogP contribution in [-0.4, -0.2) is 45.8 Å². The van der Waals surface area contributed by atoms with Crippen LogP contribution in [-0.2, 0) is 25.4 Å². The lowest BCUT2D eigenvalue weighted by Gasteiger charge is -2.49. The van der Waals surface area contributed by atoms with Gasteiger partial charge < -0.3 is 5.11 Å². The predicted octanol–water partition coefficient (Wildman–Crippen LogP) is 7.19. The Balaban J connectivity index is 1.34. The summed E-state index contributed by atoms with van der Waals surface area (Å²) in [6.45, 7) is 1.58. The number of hydrazine groups is 1. The molecule has 4 amide bonds. The number of aromatic nitrogens is 1. The van der Waals surface area contributed by atoms with Gasteiger partial charge in [-0.15, -0.1) is 0 Å². The Kier molecular flexibility index (Phi) is 8.00. The van der Waals surface area contributed by atoms with E-state index >= 15 is 0 Å². The monoisotopic (exact) mass is 750 g/mol. The number of carbonyl (C=O) groups is 4. The van der Waals surface area contributed by atoms with Crippen molar-refractivity contribution < 1.29 is 41.8 Å². The zero-order chi connectivity index (χ0) is 36.2. The second-order valence-electron chi connectivity index (χ2n) is 13.0. The number of pyridine rings is 1. The van der Waals surface area contributed by atoms with E-state index in [1.807, 2.05) is 0 Å². The molecule has 1 N–H and O–H groups in total. The van der Waals surface area contributed by atoms with E-state index < -0.39 is 82.1 Å². The van der Waals surface area contributed by atoms with E-state index in [1.165, 1.54) is 31.3 Å². The van der Waals surface area contributed by atoms with Gasteiger partial charge in [0.25, 0.3) is 11.8 Å². The molecule has 1 aromatic heterocycles. The third-order valence-corrected chi connectivity index (χ3v) is 11.3. The van der Waals surface area contributed by atoms with Crippen molar-refractivity contribution in [2.75, 3.05) is 17.0 Å². The SMILES string of the molecule is CN(c1nc(C(F)(F)F)ccc1Cl)N1C(=O)C2CC=C3C(CC4C(=O)N(c5ccc(F)c(Cl)c5)C(=O)C4(C)C3c3cc(Cl)ccc3O)C2C1=O. The van der Waals surface area contributed by atoms with Crippen molar-refractivity contribution in [2.45, 2.75) is 31.9 Å². The first-order chi connectivity index (χ1) is 23.5. The standard InChI is InChI=1S/C34H25Cl3F4N4O5/c1-33-20(30(48)44(32(33)50)15-4-8-23(38)22(37)12-15)13-18-16(27(33)19-11-14(35)3-9-24(19)46)5-6-17-26(18)31(49)45(29(17)47)43(2)28-21(36)7-10-25(42-28)34(39,40)41/h3-5,7-12,17-18,20,26-27,46H,6,13H2,1-2H3. The number of carbonyl (C=O) groups excluding carboxylic acids is 4. The van der Waals surface area contributed by atoms with Crippen LogP contribution < -0.4 is 9.91 Å². The summed E-state index contributed by atoms with van der Waals surface area (Å²) in [5.74, 6) is -9.25. The van der Waals surface area contributed by atoms with Crippen LogP contribution >= 0.6 is 34.8 Å². The Morgan fingerprint density at radius 2 is 1.66 bits per heavy atom. The number of hydrogen-bond donors (Lipinski definition) is 1. The molecule has 1 saturated carbocycles. The first kappa shape index (κ1) is 34.3. The molecular formula is C34H25Cl3F4N4O5. The average molecular weight is 752 g/mol. The van der Waals surface area contributed by atoms with Crippen molar-refractivity contribution in [3.05, 3.63) is 92.3 Å². The van der Waals surface area contributed by atoms with E-state index in [-0.39, 0.29) is 44.9 Å². The molecule has 0 radical (unpaired) electrons. The molecule has 3 heterocycles. The average Bonchev–Trinajstić information content (AvgIpc) is 3.42. The number of anilines is 2. The lowest BCUT2D eigenvalue weighted by atomic mass is 9.51. The van der Waals surface area contributed by atoms with Gasteiger partial charge in [0.15, 0.2) is 5.82 Å². The molecule has 4 aliphatic rings. The molecule has 0 bridgehead atoms. The number of halogens is 7. The summed E-state index contributed by atoms with van der Waals surface area (Å²) in [7, 11) is 1.20. The highest BCUT2D eigenvalue weighted by Crippen LogP contribution is 2.64. The lowest BCUT2D eigenvalue weighted by Crippen LogP contribution is -2.49. The van der Waals surface area contributed by atoms with Crippen molar-refractivity contribution in [2.24, 2.45) is 29.1 Å².